The topological polar surface area (TPSA) is 102 Å². The Hall–Kier alpha value is -4.59. The van der Waals surface area contributed by atoms with E-state index in [2.05, 4.69) is 0 Å². The van der Waals surface area contributed by atoms with Crippen molar-refractivity contribution in [2.75, 3.05) is 18.8 Å². The number of carbonyl (C=O) groups is 3. The van der Waals surface area contributed by atoms with Gasteiger partial charge >= 0.3 is 5.97 Å². The number of rotatable bonds is 5. The van der Waals surface area contributed by atoms with E-state index < -0.39 is 23.7 Å². The highest BCUT2D eigenvalue weighted by atomic mass is 16.7. The summed E-state index contributed by atoms with van der Waals surface area (Å²) in [6.07, 6.45) is 0.826. The van der Waals surface area contributed by atoms with Gasteiger partial charge in [0.2, 0.25) is 6.79 Å². The SMILES string of the molecule is CCc1ccc(C2/C(=C(/O)c3ccc4c(c3)OCO4)C(=O)C(=O)N2c2ccc(C(=O)OC)cc2)cc1. The van der Waals surface area contributed by atoms with Gasteiger partial charge in [0.25, 0.3) is 11.7 Å². The van der Waals surface area contributed by atoms with Gasteiger partial charge in [0.1, 0.15) is 5.76 Å². The molecule has 8 nitrogen and oxygen atoms in total. The van der Waals surface area contributed by atoms with E-state index in [1.165, 1.54) is 24.1 Å². The van der Waals surface area contributed by atoms with Crippen LogP contribution in [0.2, 0.25) is 0 Å². The third-order valence-electron chi connectivity index (χ3n) is 6.36. The van der Waals surface area contributed by atoms with Crippen molar-refractivity contribution < 1.29 is 33.7 Å². The van der Waals surface area contributed by atoms with Gasteiger partial charge in [0.15, 0.2) is 11.5 Å². The number of aliphatic hydroxyl groups is 1. The lowest BCUT2D eigenvalue weighted by atomic mass is 9.94. The summed E-state index contributed by atoms with van der Waals surface area (Å²) in [6, 6.07) is 17.7. The lowest BCUT2D eigenvalue weighted by Gasteiger charge is -2.25. The number of nitrogens with zero attached hydrogens (tertiary/aromatic N) is 1. The van der Waals surface area contributed by atoms with E-state index in [0.717, 1.165) is 12.0 Å². The second-order valence-corrected chi connectivity index (χ2v) is 8.37. The van der Waals surface area contributed by atoms with Gasteiger partial charge in [-0.05, 0) is 60.0 Å². The number of fused-ring (bicyclic) bond motifs is 1. The van der Waals surface area contributed by atoms with E-state index in [9.17, 15) is 19.5 Å². The maximum atomic E-state index is 13.3. The Morgan fingerprint density at radius 3 is 2.31 bits per heavy atom. The number of esters is 1. The monoisotopic (exact) mass is 485 g/mol. The van der Waals surface area contributed by atoms with E-state index in [1.54, 1.807) is 30.3 Å². The molecule has 1 saturated heterocycles. The highest BCUT2D eigenvalue weighted by Crippen LogP contribution is 2.43. The number of amides is 1. The second kappa shape index (κ2) is 9.22. The smallest absolute Gasteiger partial charge is 0.337 e. The molecular weight excluding hydrogens is 462 g/mol. The van der Waals surface area contributed by atoms with Crippen LogP contribution in [-0.4, -0.2) is 36.7 Å². The summed E-state index contributed by atoms with van der Waals surface area (Å²) < 4.78 is 15.5. The van der Waals surface area contributed by atoms with E-state index in [0.29, 0.717) is 33.9 Å². The van der Waals surface area contributed by atoms with E-state index >= 15 is 0 Å². The number of aryl methyl sites for hydroxylation is 1. The van der Waals surface area contributed by atoms with Crippen LogP contribution in [0.5, 0.6) is 11.5 Å². The average Bonchev–Trinajstić information content (AvgIpc) is 3.49. The maximum Gasteiger partial charge on any atom is 0.337 e. The molecule has 3 aromatic rings. The maximum absolute atomic E-state index is 13.3. The van der Waals surface area contributed by atoms with Gasteiger partial charge in [0, 0.05) is 11.3 Å². The summed E-state index contributed by atoms with van der Waals surface area (Å²) in [5.41, 5.74) is 2.74. The van der Waals surface area contributed by atoms with Gasteiger partial charge in [-0.3, -0.25) is 14.5 Å². The number of aliphatic hydroxyl groups excluding tert-OH is 1. The third-order valence-corrected chi connectivity index (χ3v) is 6.36. The molecule has 2 aliphatic heterocycles. The molecule has 2 aliphatic rings. The first kappa shape index (κ1) is 23.2. The summed E-state index contributed by atoms with van der Waals surface area (Å²) >= 11 is 0. The molecule has 0 radical (unpaired) electrons. The lowest BCUT2D eigenvalue weighted by molar-refractivity contribution is -0.132. The first-order valence-electron chi connectivity index (χ1n) is 11.4. The second-order valence-electron chi connectivity index (χ2n) is 8.37. The van der Waals surface area contributed by atoms with E-state index in [4.69, 9.17) is 14.2 Å². The summed E-state index contributed by atoms with van der Waals surface area (Å²) in [7, 11) is 1.28. The Kier molecular flexibility index (Phi) is 5.93. The molecule has 0 aromatic heterocycles. The van der Waals surface area contributed by atoms with Gasteiger partial charge in [-0.1, -0.05) is 31.2 Å². The van der Waals surface area contributed by atoms with Crippen LogP contribution < -0.4 is 14.4 Å². The van der Waals surface area contributed by atoms with Crippen LogP contribution in [0.25, 0.3) is 5.76 Å². The third kappa shape index (κ3) is 3.86. The molecule has 0 aliphatic carbocycles. The normalized spacial score (nSPS) is 17.9. The van der Waals surface area contributed by atoms with E-state index in [-0.39, 0.29) is 18.1 Å². The zero-order chi connectivity index (χ0) is 25.4. The van der Waals surface area contributed by atoms with Crippen molar-refractivity contribution in [1.82, 2.24) is 0 Å². The summed E-state index contributed by atoms with van der Waals surface area (Å²) in [5.74, 6) is -1.46. The number of carbonyl (C=O) groups excluding carboxylic acids is 3. The summed E-state index contributed by atoms with van der Waals surface area (Å²) in [6.45, 7) is 2.10. The standard InChI is InChI=1S/C28H23NO7/c1-3-16-4-6-17(7-5-16)24-23(25(30)19-10-13-21-22(14-19)36-15-35-21)26(31)27(32)29(24)20-11-8-18(9-12-20)28(33)34-2/h4-14,24,30H,3,15H2,1-2H3/b25-23-. The molecule has 0 saturated carbocycles. The number of ketones is 1. The van der Waals surface area contributed by atoms with Crippen molar-refractivity contribution in [2.24, 2.45) is 0 Å². The van der Waals surface area contributed by atoms with Crippen molar-refractivity contribution >= 4 is 29.1 Å². The number of Topliss-reactive ketones (excluding diaryl/α,β-unsaturated/α-hetero) is 1. The first-order chi connectivity index (χ1) is 17.4. The van der Waals surface area contributed by atoms with Crippen LogP contribution in [0.4, 0.5) is 5.69 Å². The average molecular weight is 485 g/mol. The first-order valence-corrected chi connectivity index (χ1v) is 11.4. The molecule has 1 unspecified atom stereocenters. The minimum absolute atomic E-state index is 0.0415. The van der Waals surface area contributed by atoms with Crippen LogP contribution in [-0.2, 0) is 20.7 Å². The van der Waals surface area contributed by atoms with Crippen molar-refractivity contribution in [3.63, 3.8) is 0 Å². The van der Waals surface area contributed by atoms with Gasteiger partial charge in [-0.2, -0.15) is 0 Å². The zero-order valence-corrected chi connectivity index (χ0v) is 19.7. The molecule has 0 spiro atoms. The predicted octanol–water partition coefficient (Wildman–Crippen LogP) is 4.39. The van der Waals surface area contributed by atoms with Crippen molar-refractivity contribution in [1.29, 1.82) is 0 Å². The molecule has 2 heterocycles. The number of hydrogen-bond donors (Lipinski definition) is 1. The minimum Gasteiger partial charge on any atom is -0.507 e. The van der Waals surface area contributed by atoms with Gasteiger partial charge in [0.05, 0.1) is 24.3 Å². The van der Waals surface area contributed by atoms with Crippen LogP contribution in [0, 0.1) is 0 Å². The fraction of sp³-hybridized carbons (Fsp3) is 0.179. The molecule has 5 rings (SSSR count). The molecule has 1 amide bonds. The lowest BCUT2D eigenvalue weighted by Crippen LogP contribution is -2.29. The molecule has 1 fully saturated rings. The predicted molar refractivity (Wildman–Crippen MR) is 131 cm³/mol. The van der Waals surface area contributed by atoms with Gasteiger partial charge in [-0.25, -0.2) is 4.79 Å². The number of hydrogen-bond acceptors (Lipinski definition) is 7. The molecule has 3 aromatic carbocycles. The molecule has 1 atom stereocenters. The largest absolute Gasteiger partial charge is 0.507 e. The molecule has 36 heavy (non-hydrogen) atoms. The van der Waals surface area contributed by atoms with Gasteiger partial charge in [-0.15, -0.1) is 0 Å². The van der Waals surface area contributed by atoms with Crippen molar-refractivity contribution in [3.8, 4) is 11.5 Å². The number of benzene rings is 3. The number of ether oxygens (including phenoxy) is 3. The fourth-order valence-electron chi connectivity index (χ4n) is 4.43. The molecular formula is C28H23NO7. The Morgan fingerprint density at radius 1 is 0.972 bits per heavy atom. The fourth-order valence-corrected chi connectivity index (χ4v) is 4.43. The molecule has 1 N–H and O–H groups in total. The van der Waals surface area contributed by atoms with Crippen LogP contribution >= 0.6 is 0 Å². The van der Waals surface area contributed by atoms with Crippen molar-refractivity contribution in [2.45, 2.75) is 19.4 Å². The Morgan fingerprint density at radius 2 is 1.64 bits per heavy atom. The quantitative estimate of drug-likeness (QED) is 0.247. The highest BCUT2D eigenvalue weighted by molar-refractivity contribution is 6.51. The highest BCUT2D eigenvalue weighted by Gasteiger charge is 2.47. The Balaban J connectivity index is 1.65. The van der Waals surface area contributed by atoms with Gasteiger partial charge < -0.3 is 19.3 Å². The summed E-state index contributed by atoms with van der Waals surface area (Å²) in [4.78, 5) is 39.8. The van der Waals surface area contributed by atoms with Crippen LogP contribution in [0.3, 0.4) is 0 Å². The van der Waals surface area contributed by atoms with Crippen molar-refractivity contribution in [3.05, 3.63) is 94.6 Å². The number of anilines is 1. The molecule has 182 valence electrons. The molecule has 8 heteroatoms. The zero-order valence-electron chi connectivity index (χ0n) is 19.7. The Bertz CT molecular complexity index is 1390. The molecule has 0 bridgehead atoms. The Labute approximate surface area is 207 Å². The summed E-state index contributed by atoms with van der Waals surface area (Å²) in [5, 5.41) is 11.3. The van der Waals surface area contributed by atoms with E-state index in [1.807, 2.05) is 31.2 Å². The minimum atomic E-state index is -0.884. The van der Waals surface area contributed by atoms with Crippen LogP contribution in [0.1, 0.15) is 40.0 Å². The van der Waals surface area contributed by atoms with Crippen LogP contribution in [0.15, 0.2) is 72.3 Å². The number of methoxy groups -OCH3 is 1.